The molecule has 0 bridgehead atoms. The first kappa shape index (κ1) is 10.7. The van der Waals surface area contributed by atoms with Gasteiger partial charge in [-0.25, -0.2) is 0 Å². The van der Waals surface area contributed by atoms with Gasteiger partial charge in [-0.3, -0.25) is 13.9 Å². The molecule has 0 aromatic heterocycles. The zero-order chi connectivity index (χ0) is 8.36. The van der Waals surface area contributed by atoms with Crippen molar-refractivity contribution in [1.82, 2.24) is 0 Å². The fraction of sp³-hybridized carbons (Fsp3) is 0.667. The highest BCUT2D eigenvalue weighted by atomic mass is 35.9. The Kier molecular flexibility index (Phi) is 4.22. The summed E-state index contributed by atoms with van der Waals surface area (Å²) in [5.41, 5.74) is 0. The molecule has 0 fully saturated rings. The highest BCUT2D eigenvalue weighted by Crippen LogP contribution is 2.58. The summed E-state index contributed by atoms with van der Waals surface area (Å²) in [6.45, 7) is 1.30. The summed E-state index contributed by atoms with van der Waals surface area (Å²) in [7, 11) is 0. The lowest BCUT2D eigenvalue weighted by Crippen LogP contribution is -2.11. The average molecular weight is 225 g/mol. The third-order valence-electron chi connectivity index (χ3n) is 0.600. The fourth-order valence-corrected chi connectivity index (χ4v) is 1.51. The van der Waals surface area contributed by atoms with Crippen molar-refractivity contribution in [3.63, 3.8) is 0 Å². The molecule has 0 rings (SSSR count). The molecular formula is C3H4Cl3O3P. The molecule has 0 spiro atoms. The van der Waals surface area contributed by atoms with Crippen LogP contribution in [-0.4, -0.2) is 11.3 Å². The second-order valence-corrected chi connectivity index (χ2v) is 6.07. The minimum absolute atomic E-state index is 0.790. The molecule has 1 atom stereocenters. The summed E-state index contributed by atoms with van der Waals surface area (Å²) >= 11 is 14.9. The lowest BCUT2D eigenvalue weighted by molar-refractivity contribution is -0.117. The van der Waals surface area contributed by atoms with E-state index in [1.807, 2.05) is 0 Å². The van der Waals surface area contributed by atoms with E-state index in [1.54, 1.807) is 0 Å². The van der Waals surface area contributed by atoms with Crippen molar-refractivity contribution in [2.75, 3.05) is 0 Å². The van der Waals surface area contributed by atoms with Crippen molar-refractivity contribution in [3.05, 3.63) is 0 Å². The van der Waals surface area contributed by atoms with Gasteiger partial charge >= 0.3 is 6.07 Å². The molecule has 0 aromatic carbocycles. The number of carbonyl (C=O) groups is 1. The maximum absolute atomic E-state index is 10.4. The number of hydrogen-bond donors (Lipinski definition) is 0. The standard InChI is InChI=1S/C3H4Cl3O3P/c1-2(3(4)7)9-10(5,6)8/h2H,1H3. The van der Waals surface area contributed by atoms with Gasteiger partial charge in [0.2, 0.25) is 0 Å². The van der Waals surface area contributed by atoms with Crippen LogP contribution in [0, 0.1) is 0 Å². The van der Waals surface area contributed by atoms with Gasteiger partial charge in [-0.1, -0.05) is 0 Å². The first-order valence-electron chi connectivity index (χ1n) is 2.20. The van der Waals surface area contributed by atoms with Crippen LogP contribution >= 0.6 is 40.2 Å². The maximum atomic E-state index is 10.4. The molecule has 0 saturated heterocycles. The van der Waals surface area contributed by atoms with E-state index < -0.39 is 17.4 Å². The van der Waals surface area contributed by atoms with Crippen LogP contribution in [0.15, 0.2) is 0 Å². The second kappa shape index (κ2) is 3.93. The number of carbonyl (C=O) groups excluding carboxylic acids is 1. The van der Waals surface area contributed by atoms with Gasteiger partial charge in [-0.15, -0.1) is 0 Å². The van der Waals surface area contributed by atoms with Crippen LogP contribution in [-0.2, 0) is 13.9 Å². The van der Waals surface area contributed by atoms with Crippen LogP contribution < -0.4 is 0 Å². The van der Waals surface area contributed by atoms with E-state index in [-0.39, 0.29) is 0 Å². The summed E-state index contributed by atoms with van der Waals surface area (Å²) < 4.78 is 14.7. The van der Waals surface area contributed by atoms with Crippen molar-refractivity contribution >= 4 is 45.4 Å². The van der Waals surface area contributed by atoms with E-state index in [0.717, 1.165) is 0 Å². The normalized spacial score (nSPS) is 14.8. The van der Waals surface area contributed by atoms with Crippen LogP contribution in [0.5, 0.6) is 0 Å². The molecule has 0 radical (unpaired) electrons. The lowest BCUT2D eigenvalue weighted by Gasteiger charge is -2.07. The Balaban J connectivity index is 3.93. The van der Waals surface area contributed by atoms with Gasteiger partial charge in [0.15, 0.2) is 0 Å². The smallest absolute Gasteiger partial charge is 0.294 e. The van der Waals surface area contributed by atoms with Gasteiger partial charge in [0.05, 0.1) is 0 Å². The topological polar surface area (TPSA) is 43.4 Å². The zero-order valence-corrected chi connectivity index (χ0v) is 8.05. The molecule has 0 saturated carbocycles. The zero-order valence-electron chi connectivity index (χ0n) is 4.88. The van der Waals surface area contributed by atoms with Gasteiger partial charge in [-0.2, -0.15) is 0 Å². The van der Waals surface area contributed by atoms with Gasteiger partial charge in [0, 0.05) is 0 Å². The van der Waals surface area contributed by atoms with Gasteiger partial charge in [0.25, 0.3) is 5.24 Å². The van der Waals surface area contributed by atoms with Crippen LogP contribution in [0.2, 0.25) is 0 Å². The maximum Gasteiger partial charge on any atom is 0.380 e. The quantitative estimate of drug-likeness (QED) is 0.548. The van der Waals surface area contributed by atoms with Crippen molar-refractivity contribution in [1.29, 1.82) is 0 Å². The molecule has 0 aromatic rings. The van der Waals surface area contributed by atoms with Crippen LogP contribution in [0.3, 0.4) is 0 Å². The molecule has 0 amide bonds. The number of halogens is 3. The largest absolute Gasteiger partial charge is 0.380 e. The Hall–Kier alpha value is 0.730. The summed E-state index contributed by atoms with van der Waals surface area (Å²) in [5, 5.41) is -0.790. The molecule has 10 heavy (non-hydrogen) atoms. The summed E-state index contributed by atoms with van der Waals surface area (Å²) in [4.78, 5) is 10.2. The predicted octanol–water partition coefficient (Wildman–Crippen LogP) is 2.74. The summed E-state index contributed by atoms with van der Waals surface area (Å²) in [6.07, 6.45) is -4.68. The number of rotatable bonds is 3. The first-order chi connectivity index (χ1) is 4.33. The van der Waals surface area contributed by atoms with Crippen LogP contribution in [0.25, 0.3) is 0 Å². The SMILES string of the molecule is CC(OP(=O)(Cl)Cl)C(=O)Cl. The van der Waals surface area contributed by atoms with Gasteiger partial charge < -0.3 is 0 Å². The second-order valence-electron chi connectivity index (χ2n) is 1.47. The minimum Gasteiger partial charge on any atom is -0.294 e. The van der Waals surface area contributed by atoms with E-state index in [2.05, 4.69) is 4.52 Å². The van der Waals surface area contributed by atoms with Gasteiger partial charge in [0.1, 0.15) is 6.10 Å². The van der Waals surface area contributed by atoms with E-state index in [0.29, 0.717) is 0 Å². The number of hydrogen-bond acceptors (Lipinski definition) is 3. The Morgan fingerprint density at radius 3 is 2.10 bits per heavy atom. The Morgan fingerprint density at radius 2 is 2.00 bits per heavy atom. The van der Waals surface area contributed by atoms with Crippen molar-refractivity contribution in [2.24, 2.45) is 0 Å². The molecule has 3 nitrogen and oxygen atoms in total. The summed E-state index contributed by atoms with van der Waals surface area (Å²) in [6, 6.07) is 0. The molecular weight excluding hydrogens is 221 g/mol. The Bertz CT molecular complexity index is 176. The highest BCUT2D eigenvalue weighted by molar-refractivity contribution is 8.05. The summed E-state index contributed by atoms with van der Waals surface area (Å²) in [5.74, 6) is 0. The lowest BCUT2D eigenvalue weighted by atomic mass is 10.5. The van der Waals surface area contributed by atoms with Crippen molar-refractivity contribution in [2.45, 2.75) is 13.0 Å². The first-order valence-corrected chi connectivity index (χ1v) is 6.01. The molecule has 7 heteroatoms. The Labute approximate surface area is 72.6 Å². The minimum atomic E-state index is -3.64. The van der Waals surface area contributed by atoms with E-state index in [9.17, 15) is 9.36 Å². The molecule has 0 heterocycles. The van der Waals surface area contributed by atoms with Crippen LogP contribution in [0.1, 0.15) is 6.92 Å². The monoisotopic (exact) mass is 224 g/mol. The average Bonchev–Trinajstić information content (AvgIpc) is 1.60. The molecule has 0 N–H and O–H groups in total. The fourth-order valence-electron chi connectivity index (χ4n) is 0.226. The van der Waals surface area contributed by atoms with Crippen LogP contribution in [0.4, 0.5) is 0 Å². The molecule has 0 aliphatic heterocycles. The third kappa shape index (κ3) is 5.51. The molecule has 60 valence electrons. The molecule has 0 aliphatic carbocycles. The van der Waals surface area contributed by atoms with E-state index in [1.165, 1.54) is 6.92 Å². The predicted molar refractivity (Wildman–Crippen MR) is 40.7 cm³/mol. The van der Waals surface area contributed by atoms with E-state index in [4.69, 9.17) is 34.1 Å². The molecule has 0 aliphatic rings. The van der Waals surface area contributed by atoms with E-state index >= 15 is 0 Å². The van der Waals surface area contributed by atoms with Crippen molar-refractivity contribution in [3.8, 4) is 0 Å². The third-order valence-corrected chi connectivity index (χ3v) is 1.95. The molecule has 1 unspecified atom stereocenters. The van der Waals surface area contributed by atoms with Gasteiger partial charge in [-0.05, 0) is 41.0 Å². The highest BCUT2D eigenvalue weighted by Gasteiger charge is 2.22. The Morgan fingerprint density at radius 1 is 1.60 bits per heavy atom. The van der Waals surface area contributed by atoms with Crippen molar-refractivity contribution < 1.29 is 13.9 Å².